The molecule has 0 fully saturated rings. The fraction of sp³-hybridized carbons (Fsp3) is 0.455. The molecule has 0 atom stereocenters. The highest BCUT2D eigenvalue weighted by molar-refractivity contribution is 7.12. The van der Waals surface area contributed by atoms with E-state index in [1.165, 1.54) is 16.2 Å². The second-order valence-electron chi connectivity index (χ2n) is 3.51. The van der Waals surface area contributed by atoms with Crippen LogP contribution in [0.4, 0.5) is 4.79 Å². The number of nitrogens with zero attached hydrogens (tertiary/aromatic N) is 1. The summed E-state index contributed by atoms with van der Waals surface area (Å²) in [5.41, 5.74) is 0. The van der Waals surface area contributed by atoms with Gasteiger partial charge in [0.1, 0.15) is 0 Å². The Morgan fingerprint density at radius 2 is 2.25 bits per heavy atom. The Balaban J connectivity index is 2.42. The first-order valence-electron chi connectivity index (χ1n) is 5.25. The van der Waals surface area contributed by atoms with Gasteiger partial charge in [-0.25, -0.2) is 4.79 Å². The van der Waals surface area contributed by atoms with Crippen LogP contribution in [0.5, 0.6) is 0 Å². The van der Waals surface area contributed by atoms with Crippen LogP contribution in [-0.4, -0.2) is 30.4 Å². The van der Waals surface area contributed by atoms with Gasteiger partial charge in [0, 0.05) is 13.6 Å². The van der Waals surface area contributed by atoms with E-state index in [1.807, 2.05) is 0 Å². The first-order valence-corrected chi connectivity index (χ1v) is 6.13. The van der Waals surface area contributed by atoms with Gasteiger partial charge in [0.15, 0.2) is 0 Å². The van der Waals surface area contributed by atoms with Crippen LogP contribution in [0.1, 0.15) is 29.4 Å². The summed E-state index contributed by atoms with van der Waals surface area (Å²) in [7, 11) is 1.69. The summed E-state index contributed by atoms with van der Waals surface area (Å²) in [6, 6.07) is 3.14. The summed E-state index contributed by atoms with van der Waals surface area (Å²) in [5, 5.41) is 4.16. The first-order chi connectivity index (χ1) is 7.65. The maximum atomic E-state index is 11.6. The molecule has 88 valence electrons. The Kier molecular flexibility index (Phi) is 4.98. The normalized spacial score (nSPS) is 9.88. The average molecular weight is 240 g/mol. The molecule has 0 spiro atoms. The summed E-state index contributed by atoms with van der Waals surface area (Å²) < 4.78 is 0. The molecule has 1 heterocycles. The van der Waals surface area contributed by atoms with Crippen molar-refractivity contribution in [2.75, 3.05) is 13.6 Å². The largest absolute Gasteiger partial charge is 0.328 e. The number of rotatable bonds is 4. The van der Waals surface area contributed by atoms with Gasteiger partial charge < -0.3 is 4.90 Å². The lowest BCUT2D eigenvalue weighted by atomic mass is 10.3. The zero-order valence-corrected chi connectivity index (χ0v) is 10.3. The van der Waals surface area contributed by atoms with Crippen molar-refractivity contribution in [3.05, 3.63) is 22.4 Å². The predicted octanol–water partition coefficient (Wildman–Crippen LogP) is 2.33. The van der Waals surface area contributed by atoms with E-state index in [1.54, 1.807) is 24.6 Å². The molecule has 1 N–H and O–H groups in total. The lowest BCUT2D eigenvalue weighted by molar-refractivity contribution is 0.0958. The number of nitrogens with one attached hydrogen (secondary N) is 1. The van der Waals surface area contributed by atoms with Crippen molar-refractivity contribution in [3.63, 3.8) is 0 Å². The van der Waals surface area contributed by atoms with E-state index < -0.39 is 0 Å². The molecule has 0 radical (unpaired) electrons. The van der Waals surface area contributed by atoms with Crippen LogP contribution in [0.3, 0.4) is 0 Å². The van der Waals surface area contributed by atoms with Crippen molar-refractivity contribution >= 4 is 23.3 Å². The van der Waals surface area contributed by atoms with Crippen LogP contribution in [-0.2, 0) is 0 Å². The molecule has 1 aromatic rings. The molecule has 0 saturated heterocycles. The van der Waals surface area contributed by atoms with Gasteiger partial charge >= 0.3 is 6.03 Å². The molecule has 0 aliphatic carbocycles. The van der Waals surface area contributed by atoms with Gasteiger partial charge in [0.25, 0.3) is 5.91 Å². The molecule has 1 aromatic heterocycles. The SMILES string of the molecule is CCCCN(C)C(=O)NC(=O)c1cccs1. The zero-order chi connectivity index (χ0) is 12.0. The quantitative estimate of drug-likeness (QED) is 0.878. The number of hydrogen-bond acceptors (Lipinski definition) is 3. The number of unbranched alkanes of at least 4 members (excludes halogenated alkanes) is 1. The average Bonchev–Trinajstić information content (AvgIpc) is 2.79. The maximum Gasteiger partial charge on any atom is 0.324 e. The number of carbonyl (C=O) groups excluding carboxylic acids is 2. The third-order valence-electron chi connectivity index (χ3n) is 2.16. The van der Waals surface area contributed by atoms with E-state index in [2.05, 4.69) is 12.2 Å². The molecular weight excluding hydrogens is 224 g/mol. The molecule has 3 amide bonds. The lowest BCUT2D eigenvalue weighted by Gasteiger charge is -2.16. The molecule has 0 aromatic carbocycles. The monoisotopic (exact) mass is 240 g/mol. The van der Waals surface area contributed by atoms with Crippen LogP contribution in [0, 0.1) is 0 Å². The van der Waals surface area contributed by atoms with Gasteiger partial charge in [-0.3, -0.25) is 10.1 Å². The minimum absolute atomic E-state index is 0.330. The number of imide groups is 1. The van der Waals surface area contributed by atoms with Crippen LogP contribution in [0.2, 0.25) is 0 Å². The number of amides is 3. The van der Waals surface area contributed by atoms with E-state index in [0.29, 0.717) is 11.4 Å². The van der Waals surface area contributed by atoms with Crippen molar-refractivity contribution in [1.29, 1.82) is 0 Å². The predicted molar refractivity (Wildman–Crippen MR) is 64.7 cm³/mol. The Bertz CT molecular complexity index is 349. The second-order valence-corrected chi connectivity index (χ2v) is 4.46. The minimum atomic E-state index is -0.341. The van der Waals surface area contributed by atoms with Gasteiger partial charge in [-0.1, -0.05) is 19.4 Å². The Labute approximate surface area is 99.3 Å². The van der Waals surface area contributed by atoms with Crippen molar-refractivity contribution < 1.29 is 9.59 Å². The van der Waals surface area contributed by atoms with Gasteiger partial charge in [0.05, 0.1) is 4.88 Å². The molecule has 0 aliphatic rings. The van der Waals surface area contributed by atoms with E-state index in [-0.39, 0.29) is 11.9 Å². The maximum absolute atomic E-state index is 11.6. The topological polar surface area (TPSA) is 49.4 Å². The third kappa shape index (κ3) is 3.66. The van der Waals surface area contributed by atoms with E-state index in [0.717, 1.165) is 12.8 Å². The van der Waals surface area contributed by atoms with Crippen LogP contribution >= 0.6 is 11.3 Å². The molecule has 4 nitrogen and oxygen atoms in total. The number of carbonyl (C=O) groups is 2. The van der Waals surface area contributed by atoms with Crippen molar-refractivity contribution in [1.82, 2.24) is 10.2 Å². The Hall–Kier alpha value is -1.36. The van der Waals surface area contributed by atoms with Gasteiger partial charge in [-0.05, 0) is 17.9 Å². The van der Waals surface area contributed by atoms with Gasteiger partial charge in [-0.2, -0.15) is 0 Å². The summed E-state index contributed by atoms with van der Waals surface area (Å²) in [6.07, 6.45) is 1.97. The van der Waals surface area contributed by atoms with Crippen molar-refractivity contribution in [2.45, 2.75) is 19.8 Å². The molecule has 16 heavy (non-hydrogen) atoms. The van der Waals surface area contributed by atoms with E-state index in [9.17, 15) is 9.59 Å². The Morgan fingerprint density at radius 3 is 2.81 bits per heavy atom. The molecular formula is C11H16N2O2S. The van der Waals surface area contributed by atoms with Gasteiger partial charge in [0.2, 0.25) is 0 Å². The zero-order valence-electron chi connectivity index (χ0n) is 9.53. The molecule has 0 unspecified atom stereocenters. The minimum Gasteiger partial charge on any atom is -0.328 e. The highest BCUT2D eigenvalue weighted by Gasteiger charge is 2.13. The highest BCUT2D eigenvalue weighted by atomic mass is 32.1. The summed E-state index contributed by atoms with van der Waals surface area (Å²) in [5.74, 6) is -0.330. The molecule has 1 rings (SSSR count). The van der Waals surface area contributed by atoms with Gasteiger partial charge in [-0.15, -0.1) is 11.3 Å². The Morgan fingerprint density at radius 1 is 1.50 bits per heavy atom. The summed E-state index contributed by atoms with van der Waals surface area (Å²) in [4.78, 5) is 25.2. The fourth-order valence-electron chi connectivity index (χ4n) is 1.16. The molecule has 0 saturated carbocycles. The smallest absolute Gasteiger partial charge is 0.324 e. The standard InChI is InChI=1S/C11H16N2O2S/c1-3-4-7-13(2)11(15)12-10(14)9-6-5-8-16-9/h5-6,8H,3-4,7H2,1-2H3,(H,12,14,15). The van der Waals surface area contributed by atoms with Crippen LogP contribution < -0.4 is 5.32 Å². The molecule has 0 aliphatic heterocycles. The summed E-state index contributed by atoms with van der Waals surface area (Å²) in [6.45, 7) is 2.72. The van der Waals surface area contributed by atoms with E-state index >= 15 is 0 Å². The van der Waals surface area contributed by atoms with Crippen LogP contribution in [0.25, 0.3) is 0 Å². The third-order valence-corrected chi connectivity index (χ3v) is 3.03. The van der Waals surface area contributed by atoms with Crippen molar-refractivity contribution in [3.8, 4) is 0 Å². The number of thiophene rings is 1. The van der Waals surface area contributed by atoms with Crippen LogP contribution in [0.15, 0.2) is 17.5 Å². The van der Waals surface area contributed by atoms with Crippen molar-refractivity contribution in [2.24, 2.45) is 0 Å². The first kappa shape index (κ1) is 12.7. The second kappa shape index (κ2) is 6.27. The number of hydrogen-bond donors (Lipinski definition) is 1. The molecule has 0 bridgehead atoms. The molecule has 5 heteroatoms. The summed E-state index contributed by atoms with van der Waals surface area (Å²) >= 11 is 1.32. The fourth-order valence-corrected chi connectivity index (χ4v) is 1.78. The number of urea groups is 1. The lowest BCUT2D eigenvalue weighted by Crippen LogP contribution is -2.40. The van der Waals surface area contributed by atoms with E-state index in [4.69, 9.17) is 0 Å². The highest BCUT2D eigenvalue weighted by Crippen LogP contribution is 2.07.